The summed E-state index contributed by atoms with van der Waals surface area (Å²) < 4.78 is 42.2. The third-order valence-electron chi connectivity index (χ3n) is 3.86. The second-order valence-corrected chi connectivity index (χ2v) is 6.14. The average Bonchev–Trinajstić information content (AvgIpc) is 2.65. The molecule has 0 spiro atoms. The van der Waals surface area contributed by atoms with Crippen LogP contribution in [0.2, 0.25) is 0 Å². The molecule has 0 radical (unpaired) electrons. The third kappa shape index (κ3) is 6.94. The van der Waals surface area contributed by atoms with Crippen molar-refractivity contribution in [3.05, 3.63) is 59.7 Å². The minimum Gasteiger partial charge on any atom is -0.493 e. The third-order valence-corrected chi connectivity index (χ3v) is 3.86. The van der Waals surface area contributed by atoms with Gasteiger partial charge in [-0.15, -0.1) is 0 Å². The predicted octanol–water partition coefficient (Wildman–Crippen LogP) is 3.97. The predicted molar refractivity (Wildman–Crippen MR) is 98.9 cm³/mol. The van der Waals surface area contributed by atoms with E-state index in [1.54, 1.807) is 5.32 Å². The normalized spacial score (nSPS) is 11.0. The Hall–Kier alpha value is -3.03. The maximum absolute atomic E-state index is 12.2. The summed E-state index contributed by atoms with van der Waals surface area (Å²) in [6, 6.07) is 13.4. The van der Waals surface area contributed by atoms with Crippen molar-refractivity contribution in [3.8, 4) is 5.75 Å². The van der Waals surface area contributed by atoms with Crippen LogP contribution < -0.4 is 15.4 Å². The highest BCUT2D eigenvalue weighted by molar-refractivity contribution is 5.94. The number of ether oxygens (including phenoxy) is 1. The lowest BCUT2D eigenvalue weighted by Crippen LogP contribution is -2.29. The van der Waals surface area contributed by atoms with Gasteiger partial charge in [-0.25, -0.2) is 0 Å². The van der Waals surface area contributed by atoms with Crippen LogP contribution in [0.5, 0.6) is 5.75 Å². The van der Waals surface area contributed by atoms with Crippen LogP contribution in [0.1, 0.15) is 24.0 Å². The summed E-state index contributed by atoms with van der Waals surface area (Å²) in [5.74, 6) is -1.38. The Balaban J connectivity index is 1.68. The maximum Gasteiger partial charge on any atom is 0.471 e. The van der Waals surface area contributed by atoms with Crippen molar-refractivity contribution in [3.63, 3.8) is 0 Å². The molecule has 2 rings (SSSR count). The molecule has 0 aliphatic rings. The maximum atomic E-state index is 12.2. The van der Waals surface area contributed by atoms with E-state index in [4.69, 9.17) is 4.74 Å². The fourth-order valence-electron chi connectivity index (χ4n) is 2.33. The molecule has 8 heteroatoms. The molecule has 150 valence electrons. The van der Waals surface area contributed by atoms with E-state index >= 15 is 0 Å². The number of alkyl halides is 3. The molecule has 2 amide bonds. The molecule has 0 saturated carbocycles. The molecule has 0 aliphatic heterocycles. The molecule has 0 atom stereocenters. The van der Waals surface area contributed by atoms with Crippen LogP contribution in [0.3, 0.4) is 0 Å². The van der Waals surface area contributed by atoms with E-state index in [1.807, 2.05) is 31.2 Å². The Kier molecular flexibility index (Phi) is 7.43. The van der Waals surface area contributed by atoms with Gasteiger partial charge in [0.2, 0.25) is 5.91 Å². The lowest BCUT2D eigenvalue weighted by Gasteiger charge is -2.10. The standard InChI is InChI=1S/C20H21F3N2O3/c1-14-5-2-3-6-17(14)28-12-4-7-18(26)24-13-15-8-10-16(11-9-15)25-19(27)20(21,22)23/h2-3,5-6,8-11H,4,7,12-13H2,1H3,(H,24,26)(H,25,27). The summed E-state index contributed by atoms with van der Waals surface area (Å²) in [4.78, 5) is 22.7. The lowest BCUT2D eigenvalue weighted by molar-refractivity contribution is -0.167. The van der Waals surface area contributed by atoms with Crippen molar-refractivity contribution < 1.29 is 27.5 Å². The molecule has 0 fully saturated rings. The summed E-state index contributed by atoms with van der Waals surface area (Å²) in [5, 5.41) is 4.49. The molecule has 0 saturated heterocycles. The molecule has 0 unspecified atom stereocenters. The topological polar surface area (TPSA) is 67.4 Å². The number of benzene rings is 2. The molecular weight excluding hydrogens is 373 g/mol. The van der Waals surface area contributed by atoms with Gasteiger partial charge in [-0.05, 0) is 42.7 Å². The molecule has 28 heavy (non-hydrogen) atoms. The molecule has 5 nitrogen and oxygen atoms in total. The van der Waals surface area contributed by atoms with E-state index in [1.165, 1.54) is 24.3 Å². The molecule has 2 aromatic carbocycles. The van der Waals surface area contributed by atoms with Crippen molar-refractivity contribution >= 4 is 17.5 Å². The van der Waals surface area contributed by atoms with Crippen LogP contribution in [0.4, 0.5) is 18.9 Å². The van der Waals surface area contributed by atoms with Gasteiger partial charge in [0.15, 0.2) is 0 Å². The Labute approximate surface area is 160 Å². The van der Waals surface area contributed by atoms with E-state index in [-0.39, 0.29) is 18.1 Å². The highest BCUT2D eigenvalue weighted by Crippen LogP contribution is 2.19. The minimum absolute atomic E-state index is 0.0331. The van der Waals surface area contributed by atoms with Crippen LogP contribution in [0.25, 0.3) is 0 Å². The van der Waals surface area contributed by atoms with Gasteiger partial charge in [-0.2, -0.15) is 13.2 Å². The summed E-state index contributed by atoms with van der Waals surface area (Å²) in [7, 11) is 0. The van der Waals surface area contributed by atoms with E-state index in [9.17, 15) is 22.8 Å². The lowest BCUT2D eigenvalue weighted by atomic mass is 10.2. The molecule has 2 N–H and O–H groups in total. The van der Waals surface area contributed by atoms with Gasteiger partial charge in [0.05, 0.1) is 6.61 Å². The zero-order chi connectivity index (χ0) is 20.6. The number of aryl methyl sites for hydroxylation is 1. The van der Waals surface area contributed by atoms with Crippen molar-refractivity contribution in [1.29, 1.82) is 0 Å². The van der Waals surface area contributed by atoms with Gasteiger partial charge in [-0.1, -0.05) is 30.3 Å². The monoisotopic (exact) mass is 394 g/mol. The quantitative estimate of drug-likeness (QED) is 0.666. The van der Waals surface area contributed by atoms with Crippen molar-refractivity contribution in [2.75, 3.05) is 11.9 Å². The fourth-order valence-corrected chi connectivity index (χ4v) is 2.33. The zero-order valence-corrected chi connectivity index (χ0v) is 15.3. The molecule has 0 heterocycles. The van der Waals surface area contributed by atoms with Crippen LogP contribution >= 0.6 is 0 Å². The first-order valence-corrected chi connectivity index (χ1v) is 8.68. The Bertz CT molecular complexity index is 805. The number of nitrogens with one attached hydrogen (secondary N) is 2. The van der Waals surface area contributed by atoms with Crippen molar-refractivity contribution in [2.24, 2.45) is 0 Å². The number of halogens is 3. The smallest absolute Gasteiger partial charge is 0.471 e. The number of para-hydroxylation sites is 1. The zero-order valence-electron chi connectivity index (χ0n) is 15.3. The van der Waals surface area contributed by atoms with E-state index in [2.05, 4.69) is 5.32 Å². The number of rotatable bonds is 8. The van der Waals surface area contributed by atoms with Gasteiger partial charge in [-0.3, -0.25) is 9.59 Å². The SMILES string of the molecule is Cc1ccccc1OCCCC(=O)NCc1ccc(NC(=O)C(F)(F)F)cc1. The number of hydrogen-bond donors (Lipinski definition) is 2. The number of hydrogen-bond acceptors (Lipinski definition) is 3. The van der Waals surface area contributed by atoms with Gasteiger partial charge >= 0.3 is 12.1 Å². The molecule has 2 aromatic rings. The van der Waals surface area contributed by atoms with E-state index in [0.29, 0.717) is 25.0 Å². The number of carbonyl (C=O) groups excluding carboxylic acids is 2. The van der Waals surface area contributed by atoms with E-state index < -0.39 is 12.1 Å². The first-order valence-electron chi connectivity index (χ1n) is 8.68. The second kappa shape index (κ2) is 9.77. The van der Waals surface area contributed by atoms with E-state index in [0.717, 1.165) is 11.3 Å². The Morgan fingerprint density at radius 2 is 1.71 bits per heavy atom. The first-order chi connectivity index (χ1) is 13.3. The number of amides is 2. The first kappa shape index (κ1) is 21.3. The van der Waals surface area contributed by atoms with Crippen molar-refractivity contribution in [1.82, 2.24) is 5.32 Å². The Morgan fingerprint density at radius 1 is 1.04 bits per heavy atom. The minimum atomic E-state index is -4.93. The van der Waals surface area contributed by atoms with Crippen LogP contribution in [0.15, 0.2) is 48.5 Å². The van der Waals surface area contributed by atoms with Gasteiger partial charge < -0.3 is 15.4 Å². The highest BCUT2D eigenvalue weighted by atomic mass is 19.4. The molecule has 0 bridgehead atoms. The molecule has 0 aromatic heterocycles. The fraction of sp³-hybridized carbons (Fsp3) is 0.300. The largest absolute Gasteiger partial charge is 0.493 e. The summed E-state index contributed by atoms with van der Waals surface area (Å²) in [5.41, 5.74) is 1.77. The molecule has 0 aliphatic carbocycles. The van der Waals surface area contributed by atoms with Gasteiger partial charge in [0.25, 0.3) is 0 Å². The molecular formula is C20H21F3N2O3. The van der Waals surface area contributed by atoms with Crippen LogP contribution in [-0.2, 0) is 16.1 Å². The highest BCUT2D eigenvalue weighted by Gasteiger charge is 2.38. The summed E-state index contributed by atoms with van der Waals surface area (Å²) in [6.45, 7) is 2.61. The second-order valence-electron chi connectivity index (χ2n) is 6.14. The number of carbonyl (C=O) groups is 2. The van der Waals surface area contributed by atoms with Gasteiger partial charge in [0.1, 0.15) is 5.75 Å². The van der Waals surface area contributed by atoms with Crippen LogP contribution in [-0.4, -0.2) is 24.6 Å². The number of anilines is 1. The summed E-state index contributed by atoms with van der Waals surface area (Å²) >= 11 is 0. The van der Waals surface area contributed by atoms with Crippen LogP contribution in [0, 0.1) is 6.92 Å². The summed E-state index contributed by atoms with van der Waals surface area (Å²) in [6.07, 6.45) is -4.08. The van der Waals surface area contributed by atoms with Crippen molar-refractivity contribution in [2.45, 2.75) is 32.5 Å². The van der Waals surface area contributed by atoms with Gasteiger partial charge in [0, 0.05) is 18.7 Å². The Morgan fingerprint density at radius 3 is 2.36 bits per heavy atom. The average molecular weight is 394 g/mol.